The molecule has 0 saturated carbocycles. The summed E-state index contributed by atoms with van der Waals surface area (Å²) < 4.78 is 0. The second-order valence-electron chi connectivity index (χ2n) is 8.92. The van der Waals surface area contributed by atoms with E-state index in [0.717, 1.165) is 22.3 Å². The van der Waals surface area contributed by atoms with Crippen LogP contribution in [0, 0.1) is 0 Å². The molecule has 0 aliphatic heterocycles. The standard InChI is InChI=1S/C31H30ClN3O2/c32-28-16-13-26(14-17-28)23-35(30(36)18-15-24-8-3-1-4-9-24)29(20-25-10-5-2-6-11-25)31(37)34-22-27-12-7-19-33-21-27/h1-14,16-17,19,21,29H,15,18,20,22-23H2,(H,34,37). The van der Waals surface area contributed by atoms with E-state index in [9.17, 15) is 9.59 Å². The highest BCUT2D eigenvalue weighted by Gasteiger charge is 2.30. The van der Waals surface area contributed by atoms with E-state index in [2.05, 4.69) is 10.3 Å². The van der Waals surface area contributed by atoms with Crippen molar-refractivity contribution < 1.29 is 9.59 Å². The van der Waals surface area contributed by atoms with Gasteiger partial charge in [0.2, 0.25) is 11.8 Å². The first kappa shape index (κ1) is 26.1. The van der Waals surface area contributed by atoms with Crippen LogP contribution in [-0.4, -0.2) is 27.7 Å². The number of hydrogen-bond donors (Lipinski definition) is 1. The molecule has 1 heterocycles. The average molecular weight is 512 g/mol. The Bertz CT molecular complexity index is 1270. The summed E-state index contributed by atoms with van der Waals surface area (Å²) in [5, 5.41) is 3.66. The molecule has 0 saturated heterocycles. The molecule has 188 valence electrons. The lowest BCUT2D eigenvalue weighted by Crippen LogP contribution is -2.50. The van der Waals surface area contributed by atoms with Gasteiger partial charge in [-0.15, -0.1) is 0 Å². The molecule has 4 rings (SSSR count). The van der Waals surface area contributed by atoms with Gasteiger partial charge in [0.05, 0.1) is 0 Å². The lowest BCUT2D eigenvalue weighted by molar-refractivity contribution is -0.141. The van der Waals surface area contributed by atoms with Gasteiger partial charge in [0.15, 0.2) is 0 Å². The molecule has 0 bridgehead atoms. The van der Waals surface area contributed by atoms with Crippen molar-refractivity contribution in [1.29, 1.82) is 0 Å². The SMILES string of the molecule is O=C(NCc1cccnc1)C(Cc1ccccc1)N(Cc1ccc(Cl)cc1)C(=O)CCc1ccccc1. The van der Waals surface area contributed by atoms with Crippen LogP contribution in [-0.2, 0) is 35.5 Å². The first-order chi connectivity index (χ1) is 18.1. The Kier molecular flexibility index (Phi) is 9.44. The van der Waals surface area contributed by atoms with Crippen molar-refractivity contribution >= 4 is 23.4 Å². The predicted octanol–water partition coefficient (Wildman–Crippen LogP) is 5.62. The van der Waals surface area contributed by atoms with Crippen LogP contribution in [0.2, 0.25) is 5.02 Å². The molecule has 5 nitrogen and oxygen atoms in total. The van der Waals surface area contributed by atoms with E-state index in [1.165, 1.54) is 0 Å². The lowest BCUT2D eigenvalue weighted by atomic mass is 10.0. The van der Waals surface area contributed by atoms with E-state index in [-0.39, 0.29) is 11.8 Å². The largest absolute Gasteiger partial charge is 0.350 e. The maximum absolute atomic E-state index is 13.7. The summed E-state index contributed by atoms with van der Waals surface area (Å²) in [7, 11) is 0. The minimum atomic E-state index is -0.682. The van der Waals surface area contributed by atoms with E-state index < -0.39 is 6.04 Å². The molecule has 6 heteroatoms. The van der Waals surface area contributed by atoms with E-state index in [1.807, 2.05) is 84.9 Å². The van der Waals surface area contributed by atoms with Crippen molar-refractivity contribution in [2.45, 2.75) is 38.4 Å². The molecule has 0 spiro atoms. The highest BCUT2D eigenvalue weighted by molar-refractivity contribution is 6.30. The number of benzene rings is 3. The highest BCUT2D eigenvalue weighted by atomic mass is 35.5. The van der Waals surface area contributed by atoms with Gasteiger partial charge in [-0.3, -0.25) is 14.6 Å². The lowest BCUT2D eigenvalue weighted by Gasteiger charge is -2.31. The Hall–Kier alpha value is -3.96. The molecule has 3 aromatic carbocycles. The number of amides is 2. The smallest absolute Gasteiger partial charge is 0.243 e. The quantitative estimate of drug-likeness (QED) is 0.284. The van der Waals surface area contributed by atoms with Crippen molar-refractivity contribution in [2.24, 2.45) is 0 Å². The molecule has 1 unspecified atom stereocenters. The van der Waals surface area contributed by atoms with Gasteiger partial charge < -0.3 is 10.2 Å². The molecule has 1 aromatic heterocycles. The van der Waals surface area contributed by atoms with Gasteiger partial charge >= 0.3 is 0 Å². The number of aryl methyl sites for hydroxylation is 1. The van der Waals surface area contributed by atoms with E-state index in [4.69, 9.17) is 11.6 Å². The summed E-state index contributed by atoms with van der Waals surface area (Å²) in [6.07, 6.45) is 4.74. The summed E-state index contributed by atoms with van der Waals surface area (Å²) in [4.78, 5) is 33.2. The van der Waals surface area contributed by atoms with Crippen molar-refractivity contribution in [3.05, 3.63) is 137 Å². The number of pyridine rings is 1. The highest BCUT2D eigenvalue weighted by Crippen LogP contribution is 2.18. The Morgan fingerprint density at radius 3 is 2.08 bits per heavy atom. The van der Waals surface area contributed by atoms with E-state index in [0.29, 0.717) is 37.4 Å². The molecular formula is C31H30ClN3O2. The molecule has 0 aliphatic rings. The number of nitrogens with one attached hydrogen (secondary N) is 1. The third kappa shape index (κ3) is 8.02. The molecular weight excluding hydrogens is 482 g/mol. The molecule has 1 N–H and O–H groups in total. The first-order valence-corrected chi connectivity index (χ1v) is 12.7. The topological polar surface area (TPSA) is 62.3 Å². The molecule has 4 aromatic rings. The molecule has 2 amide bonds. The van der Waals surface area contributed by atoms with Crippen molar-refractivity contribution in [2.75, 3.05) is 0 Å². The van der Waals surface area contributed by atoms with Crippen molar-refractivity contribution in [3.63, 3.8) is 0 Å². The van der Waals surface area contributed by atoms with Gasteiger partial charge in [-0.25, -0.2) is 0 Å². The molecule has 1 atom stereocenters. The monoisotopic (exact) mass is 511 g/mol. The number of nitrogens with zero attached hydrogens (tertiary/aromatic N) is 2. The second kappa shape index (κ2) is 13.4. The average Bonchev–Trinajstić information content (AvgIpc) is 2.95. The second-order valence-corrected chi connectivity index (χ2v) is 9.35. The number of carbonyl (C=O) groups excluding carboxylic acids is 2. The normalized spacial score (nSPS) is 11.5. The van der Waals surface area contributed by atoms with E-state index in [1.54, 1.807) is 29.4 Å². The zero-order valence-corrected chi connectivity index (χ0v) is 21.4. The number of aromatic nitrogens is 1. The summed E-state index contributed by atoms with van der Waals surface area (Å²) in [5.41, 5.74) is 3.88. The Morgan fingerprint density at radius 1 is 0.784 bits per heavy atom. The van der Waals surface area contributed by atoms with Crippen LogP contribution in [0.25, 0.3) is 0 Å². The first-order valence-electron chi connectivity index (χ1n) is 12.4. The summed E-state index contributed by atoms with van der Waals surface area (Å²) in [6.45, 7) is 0.646. The van der Waals surface area contributed by atoms with Crippen LogP contribution in [0.3, 0.4) is 0 Å². The van der Waals surface area contributed by atoms with Gasteiger partial charge in [0.25, 0.3) is 0 Å². The Morgan fingerprint density at radius 2 is 1.43 bits per heavy atom. The van der Waals surface area contributed by atoms with Gasteiger partial charge in [0.1, 0.15) is 6.04 Å². The van der Waals surface area contributed by atoms with Crippen molar-refractivity contribution in [1.82, 2.24) is 15.2 Å². The number of rotatable bonds is 11. The van der Waals surface area contributed by atoms with Gasteiger partial charge in [-0.2, -0.15) is 0 Å². The number of carbonyl (C=O) groups is 2. The van der Waals surface area contributed by atoms with Gasteiger partial charge in [0, 0.05) is 43.3 Å². The van der Waals surface area contributed by atoms with Crippen LogP contribution in [0.15, 0.2) is 109 Å². The Balaban J connectivity index is 1.60. The predicted molar refractivity (Wildman–Crippen MR) is 147 cm³/mol. The fourth-order valence-electron chi connectivity index (χ4n) is 4.19. The van der Waals surface area contributed by atoms with Crippen molar-refractivity contribution in [3.8, 4) is 0 Å². The molecule has 37 heavy (non-hydrogen) atoms. The molecule has 0 radical (unpaired) electrons. The molecule has 0 fully saturated rings. The van der Waals surface area contributed by atoms with Gasteiger partial charge in [-0.05, 0) is 46.9 Å². The van der Waals surface area contributed by atoms with Crippen LogP contribution >= 0.6 is 11.6 Å². The maximum atomic E-state index is 13.7. The zero-order valence-electron chi connectivity index (χ0n) is 20.6. The summed E-state index contributed by atoms with van der Waals surface area (Å²) in [5.74, 6) is -0.272. The number of halogens is 1. The van der Waals surface area contributed by atoms with E-state index >= 15 is 0 Å². The van der Waals surface area contributed by atoms with Crippen LogP contribution < -0.4 is 5.32 Å². The van der Waals surface area contributed by atoms with Crippen LogP contribution in [0.1, 0.15) is 28.7 Å². The van der Waals surface area contributed by atoms with Crippen LogP contribution in [0.4, 0.5) is 0 Å². The van der Waals surface area contributed by atoms with Crippen LogP contribution in [0.5, 0.6) is 0 Å². The summed E-state index contributed by atoms with van der Waals surface area (Å²) in [6, 6.07) is 30.2. The third-order valence-corrected chi connectivity index (χ3v) is 6.45. The fraction of sp³-hybridized carbons (Fsp3) is 0.194. The van der Waals surface area contributed by atoms with Gasteiger partial charge in [-0.1, -0.05) is 90.5 Å². The fourth-order valence-corrected chi connectivity index (χ4v) is 4.32. The third-order valence-electron chi connectivity index (χ3n) is 6.20. The Labute approximate surface area is 223 Å². The zero-order chi connectivity index (χ0) is 25.9. The number of hydrogen-bond acceptors (Lipinski definition) is 3. The molecule has 0 aliphatic carbocycles. The minimum Gasteiger partial charge on any atom is -0.350 e. The minimum absolute atomic E-state index is 0.0729. The maximum Gasteiger partial charge on any atom is 0.243 e. The summed E-state index contributed by atoms with van der Waals surface area (Å²) >= 11 is 6.10.